The molecule has 8 heteroatoms. The third-order valence-electron chi connectivity index (χ3n) is 4.67. The second-order valence-corrected chi connectivity index (χ2v) is 7.52. The lowest BCUT2D eigenvalue weighted by molar-refractivity contribution is -0.120. The standard InChI is InChI=1S/C21H20Cl2FN3O2/c1-12-17(13(2)27(26-12)16-7-8-18(22)19(23)9-16)10-21(29)25-11-20(28)14-3-5-15(24)6-4-14/h3-9,20,28H,10-11H2,1-2H3,(H,25,29). The summed E-state index contributed by atoms with van der Waals surface area (Å²) in [5.74, 6) is -0.624. The zero-order valence-electron chi connectivity index (χ0n) is 15.9. The van der Waals surface area contributed by atoms with Gasteiger partial charge in [-0.15, -0.1) is 0 Å². The van der Waals surface area contributed by atoms with Gasteiger partial charge < -0.3 is 10.4 Å². The summed E-state index contributed by atoms with van der Waals surface area (Å²) in [6.07, 6.45) is -0.796. The molecule has 0 aliphatic rings. The summed E-state index contributed by atoms with van der Waals surface area (Å²) in [7, 11) is 0. The van der Waals surface area contributed by atoms with Crippen LogP contribution < -0.4 is 5.32 Å². The van der Waals surface area contributed by atoms with Crippen molar-refractivity contribution in [2.45, 2.75) is 26.4 Å². The quantitative estimate of drug-likeness (QED) is 0.605. The molecule has 1 atom stereocenters. The summed E-state index contributed by atoms with van der Waals surface area (Å²) in [6.45, 7) is 3.74. The van der Waals surface area contributed by atoms with Gasteiger partial charge in [0.05, 0.1) is 34.0 Å². The highest BCUT2D eigenvalue weighted by molar-refractivity contribution is 6.42. The van der Waals surface area contributed by atoms with E-state index in [-0.39, 0.29) is 24.7 Å². The van der Waals surface area contributed by atoms with Crippen LogP contribution in [0.25, 0.3) is 5.69 Å². The van der Waals surface area contributed by atoms with E-state index in [0.717, 1.165) is 22.6 Å². The zero-order valence-corrected chi connectivity index (χ0v) is 17.4. The van der Waals surface area contributed by atoms with Crippen LogP contribution in [0.5, 0.6) is 0 Å². The maximum absolute atomic E-state index is 13.0. The molecule has 3 aromatic rings. The molecular weight excluding hydrogens is 416 g/mol. The van der Waals surface area contributed by atoms with E-state index in [9.17, 15) is 14.3 Å². The first-order chi connectivity index (χ1) is 13.8. The fraction of sp³-hybridized carbons (Fsp3) is 0.238. The van der Waals surface area contributed by atoms with Gasteiger partial charge >= 0.3 is 0 Å². The van der Waals surface area contributed by atoms with Crippen molar-refractivity contribution in [1.82, 2.24) is 15.1 Å². The summed E-state index contributed by atoms with van der Waals surface area (Å²) < 4.78 is 14.7. The molecule has 0 spiro atoms. The van der Waals surface area contributed by atoms with Gasteiger partial charge in [-0.25, -0.2) is 9.07 Å². The number of halogens is 3. The Morgan fingerprint density at radius 2 is 1.86 bits per heavy atom. The van der Waals surface area contributed by atoms with Crippen molar-refractivity contribution in [2.24, 2.45) is 0 Å². The van der Waals surface area contributed by atoms with Gasteiger partial charge in [-0.1, -0.05) is 35.3 Å². The molecule has 0 bridgehead atoms. The number of nitrogens with one attached hydrogen (secondary N) is 1. The Morgan fingerprint density at radius 3 is 2.52 bits per heavy atom. The number of nitrogens with zero attached hydrogens (tertiary/aromatic N) is 2. The average Bonchev–Trinajstić information content (AvgIpc) is 2.97. The van der Waals surface area contributed by atoms with Crippen molar-refractivity contribution in [3.05, 3.63) is 80.8 Å². The Kier molecular flexibility index (Phi) is 6.57. The van der Waals surface area contributed by atoms with E-state index in [4.69, 9.17) is 23.2 Å². The third kappa shape index (κ3) is 4.96. The van der Waals surface area contributed by atoms with E-state index in [1.165, 1.54) is 24.3 Å². The topological polar surface area (TPSA) is 67.2 Å². The molecular formula is C21H20Cl2FN3O2. The third-order valence-corrected chi connectivity index (χ3v) is 5.41. The molecule has 0 saturated heterocycles. The zero-order chi connectivity index (χ0) is 21.1. The monoisotopic (exact) mass is 435 g/mol. The molecule has 3 rings (SSSR count). The number of aliphatic hydroxyl groups is 1. The molecule has 0 saturated carbocycles. The van der Waals surface area contributed by atoms with Gasteiger partial charge in [0.1, 0.15) is 5.82 Å². The fourth-order valence-electron chi connectivity index (χ4n) is 3.04. The summed E-state index contributed by atoms with van der Waals surface area (Å²) in [5, 5.41) is 18.2. The van der Waals surface area contributed by atoms with Gasteiger partial charge in [0, 0.05) is 17.8 Å². The van der Waals surface area contributed by atoms with Crippen LogP contribution in [0.1, 0.15) is 28.6 Å². The van der Waals surface area contributed by atoms with Crippen LogP contribution in [-0.4, -0.2) is 27.3 Å². The Labute approximate surface area is 178 Å². The Bertz CT molecular complexity index is 1040. The number of aliphatic hydroxyl groups excluding tert-OH is 1. The van der Waals surface area contributed by atoms with Gasteiger partial charge in [0.2, 0.25) is 5.91 Å². The number of benzene rings is 2. The average molecular weight is 436 g/mol. The molecule has 2 aromatic carbocycles. The van der Waals surface area contributed by atoms with E-state index in [2.05, 4.69) is 10.4 Å². The number of hydrogen-bond acceptors (Lipinski definition) is 3. The number of hydrogen-bond donors (Lipinski definition) is 2. The molecule has 1 heterocycles. The molecule has 0 radical (unpaired) electrons. The van der Waals surface area contributed by atoms with Gasteiger partial charge in [0.15, 0.2) is 0 Å². The normalized spacial score (nSPS) is 12.1. The van der Waals surface area contributed by atoms with Crippen molar-refractivity contribution < 1.29 is 14.3 Å². The van der Waals surface area contributed by atoms with Crippen molar-refractivity contribution in [3.63, 3.8) is 0 Å². The number of aryl methyl sites for hydroxylation is 1. The first-order valence-electron chi connectivity index (χ1n) is 8.97. The highest BCUT2D eigenvalue weighted by atomic mass is 35.5. The molecule has 1 unspecified atom stereocenters. The van der Waals surface area contributed by atoms with Crippen LogP contribution in [0.3, 0.4) is 0 Å². The van der Waals surface area contributed by atoms with Gasteiger partial charge in [-0.3, -0.25) is 4.79 Å². The molecule has 1 amide bonds. The largest absolute Gasteiger partial charge is 0.387 e. The van der Waals surface area contributed by atoms with Crippen LogP contribution in [0.2, 0.25) is 10.0 Å². The summed E-state index contributed by atoms with van der Waals surface area (Å²) >= 11 is 12.1. The molecule has 29 heavy (non-hydrogen) atoms. The molecule has 0 aliphatic heterocycles. The van der Waals surface area contributed by atoms with Gasteiger partial charge in [-0.05, 0) is 49.7 Å². The first-order valence-corrected chi connectivity index (χ1v) is 9.72. The molecule has 0 fully saturated rings. The predicted molar refractivity (Wildman–Crippen MR) is 111 cm³/mol. The van der Waals surface area contributed by atoms with E-state index < -0.39 is 6.10 Å². The summed E-state index contributed by atoms with van der Waals surface area (Å²) in [4.78, 5) is 12.4. The number of amides is 1. The number of rotatable bonds is 6. The predicted octanol–water partition coefficient (Wildman–Crippen LogP) is 4.33. The summed E-state index contributed by atoms with van der Waals surface area (Å²) in [5.41, 5.74) is 3.62. The molecule has 152 valence electrons. The van der Waals surface area contributed by atoms with Crippen LogP contribution in [0, 0.1) is 19.7 Å². The smallest absolute Gasteiger partial charge is 0.224 e. The minimum absolute atomic E-state index is 0.0312. The molecule has 2 N–H and O–H groups in total. The van der Waals surface area contributed by atoms with E-state index in [1.54, 1.807) is 22.9 Å². The number of carbonyl (C=O) groups is 1. The van der Waals surface area contributed by atoms with Crippen molar-refractivity contribution >= 4 is 29.1 Å². The van der Waals surface area contributed by atoms with Crippen molar-refractivity contribution in [1.29, 1.82) is 0 Å². The second-order valence-electron chi connectivity index (χ2n) is 6.71. The Balaban J connectivity index is 1.68. The van der Waals surface area contributed by atoms with Gasteiger partial charge in [0.25, 0.3) is 0 Å². The molecule has 0 aliphatic carbocycles. The van der Waals surface area contributed by atoms with E-state index in [1.807, 2.05) is 13.8 Å². The van der Waals surface area contributed by atoms with E-state index >= 15 is 0 Å². The maximum atomic E-state index is 13.0. The molecule has 1 aromatic heterocycles. The van der Waals surface area contributed by atoms with Gasteiger partial charge in [-0.2, -0.15) is 5.10 Å². The SMILES string of the molecule is Cc1nn(-c2ccc(Cl)c(Cl)c2)c(C)c1CC(=O)NCC(O)c1ccc(F)cc1. The Morgan fingerprint density at radius 1 is 1.17 bits per heavy atom. The highest BCUT2D eigenvalue weighted by Crippen LogP contribution is 2.26. The number of carbonyl (C=O) groups excluding carboxylic acids is 1. The minimum Gasteiger partial charge on any atom is -0.387 e. The van der Waals surface area contributed by atoms with Crippen molar-refractivity contribution in [3.8, 4) is 5.69 Å². The fourth-order valence-corrected chi connectivity index (χ4v) is 3.33. The first kappa shape index (κ1) is 21.3. The maximum Gasteiger partial charge on any atom is 0.224 e. The van der Waals surface area contributed by atoms with E-state index in [0.29, 0.717) is 15.6 Å². The van der Waals surface area contributed by atoms with Crippen molar-refractivity contribution in [2.75, 3.05) is 6.54 Å². The number of aromatic nitrogens is 2. The molecule has 5 nitrogen and oxygen atoms in total. The summed E-state index contributed by atoms with van der Waals surface area (Å²) in [6, 6.07) is 10.7. The highest BCUT2D eigenvalue weighted by Gasteiger charge is 2.17. The minimum atomic E-state index is -0.916. The lowest BCUT2D eigenvalue weighted by atomic mass is 10.1. The van der Waals surface area contributed by atoms with Crippen LogP contribution in [0.15, 0.2) is 42.5 Å². The van der Waals surface area contributed by atoms with Crippen LogP contribution >= 0.6 is 23.2 Å². The lowest BCUT2D eigenvalue weighted by Crippen LogP contribution is -2.30. The van der Waals surface area contributed by atoms with Crippen LogP contribution in [0.4, 0.5) is 4.39 Å². The second kappa shape index (κ2) is 8.95. The van der Waals surface area contributed by atoms with Crippen LogP contribution in [-0.2, 0) is 11.2 Å². The lowest BCUT2D eigenvalue weighted by Gasteiger charge is -2.12. The Hall–Kier alpha value is -2.41.